The van der Waals surface area contributed by atoms with Gasteiger partial charge in [-0.25, -0.2) is 18.1 Å². The predicted molar refractivity (Wildman–Crippen MR) is 79.3 cm³/mol. The van der Waals surface area contributed by atoms with Crippen LogP contribution in [-0.4, -0.2) is 40.2 Å². The van der Waals surface area contributed by atoms with E-state index in [1.807, 2.05) is 0 Å². The van der Waals surface area contributed by atoms with Crippen LogP contribution in [0.2, 0.25) is 0 Å². The maximum atomic E-state index is 12.0. The third kappa shape index (κ3) is 5.85. The molecule has 0 aliphatic carbocycles. The lowest BCUT2D eigenvalue weighted by molar-refractivity contribution is 0.130. The van der Waals surface area contributed by atoms with Crippen molar-refractivity contribution in [2.24, 2.45) is 0 Å². The molecule has 0 saturated heterocycles. The van der Waals surface area contributed by atoms with Crippen LogP contribution in [0.25, 0.3) is 0 Å². The summed E-state index contributed by atoms with van der Waals surface area (Å²) in [4.78, 5) is 4.20. The van der Waals surface area contributed by atoms with Crippen molar-refractivity contribution >= 4 is 15.8 Å². The summed E-state index contributed by atoms with van der Waals surface area (Å²) < 4.78 is 32.0. The molecule has 1 heterocycles. The molecule has 0 aliphatic heterocycles. The molecule has 114 valence electrons. The number of hydrogen-bond acceptors (Lipinski definition) is 5. The van der Waals surface area contributed by atoms with E-state index in [-0.39, 0.29) is 4.90 Å². The van der Waals surface area contributed by atoms with Crippen molar-refractivity contribution < 1.29 is 13.2 Å². The summed E-state index contributed by atoms with van der Waals surface area (Å²) in [6.07, 6.45) is 4.26. The Morgan fingerprint density at radius 1 is 1.30 bits per heavy atom. The maximum absolute atomic E-state index is 12.0. The van der Waals surface area contributed by atoms with Gasteiger partial charge in [-0.1, -0.05) is 13.3 Å². The Balaban J connectivity index is 2.37. The Bertz CT molecular complexity index is 491. The molecule has 20 heavy (non-hydrogen) atoms. The van der Waals surface area contributed by atoms with Crippen molar-refractivity contribution in [2.75, 3.05) is 32.1 Å². The van der Waals surface area contributed by atoms with Gasteiger partial charge in [0.25, 0.3) is 0 Å². The van der Waals surface area contributed by atoms with E-state index in [1.54, 1.807) is 7.05 Å². The summed E-state index contributed by atoms with van der Waals surface area (Å²) >= 11 is 0. The molecule has 7 heteroatoms. The summed E-state index contributed by atoms with van der Waals surface area (Å²) in [5.41, 5.74) is 0. The van der Waals surface area contributed by atoms with Crippen molar-refractivity contribution in [2.45, 2.75) is 31.1 Å². The Labute approximate surface area is 121 Å². The van der Waals surface area contributed by atoms with E-state index in [9.17, 15) is 8.42 Å². The highest BCUT2D eigenvalue weighted by Crippen LogP contribution is 2.11. The quantitative estimate of drug-likeness (QED) is 0.642. The van der Waals surface area contributed by atoms with E-state index < -0.39 is 10.0 Å². The second-order valence-corrected chi connectivity index (χ2v) is 6.11. The summed E-state index contributed by atoms with van der Waals surface area (Å²) in [5, 5.41) is 2.81. The molecule has 2 N–H and O–H groups in total. The van der Waals surface area contributed by atoms with Gasteiger partial charge in [-0.2, -0.15) is 0 Å². The zero-order valence-electron chi connectivity index (χ0n) is 12.1. The van der Waals surface area contributed by atoms with Gasteiger partial charge >= 0.3 is 0 Å². The molecule has 0 radical (unpaired) electrons. The number of aromatic nitrogens is 1. The summed E-state index contributed by atoms with van der Waals surface area (Å²) in [6.45, 7) is 3.77. The fraction of sp³-hybridized carbons (Fsp3) is 0.615. The number of sulfonamides is 1. The maximum Gasteiger partial charge on any atom is 0.240 e. The van der Waals surface area contributed by atoms with E-state index in [0.717, 1.165) is 19.4 Å². The lowest BCUT2D eigenvalue weighted by Crippen LogP contribution is -2.25. The molecule has 0 atom stereocenters. The zero-order valence-corrected chi connectivity index (χ0v) is 12.9. The molecule has 0 saturated carbocycles. The van der Waals surface area contributed by atoms with Gasteiger partial charge in [0, 0.05) is 39.1 Å². The monoisotopic (exact) mass is 301 g/mol. The third-order valence-electron chi connectivity index (χ3n) is 2.70. The van der Waals surface area contributed by atoms with Crippen LogP contribution < -0.4 is 10.0 Å². The van der Waals surface area contributed by atoms with E-state index in [4.69, 9.17) is 4.74 Å². The average molecular weight is 301 g/mol. The highest BCUT2D eigenvalue weighted by molar-refractivity contribution is 7.89. The van der Waals surface area contributed by atoms with Crippen LogP contribution in [-0.2, 0) is 14.8 Å². The molecule has 1 aromatic rings. The molecule has 0 fully saturated rings. The molecule has 0 spiro atoms. The van der Waals surface area contributed by atoms with Crippen molar-refractivity contribution in [3.05, 3.63) is 18.3 Å². The fourth-order valence-electron chi connectivity index (χ4n) is 1.53. The molecule has 6 nitrogen and oxygen atoms in total. The van der Waals surface area contributed by atoms with Crippen LogP contribution in [0.1, 0.15) is 26.2 Å². The molecule has 0 unspecified atom stereocenters. The normalized spacial score (nSPS) is 11.5. The summed E-state index contributed by atoms with van der Waals surface area (Å²) in [6, 6.07) is 2.97. The van der Waals surface area contributed by atoms with Gasteiger partial charge in [-0.05, 0) is 18.9 Å². The summed E-state index contributed by atoms with van der Waals surface area (Å²) in [5.74, 6) is 0.524. The summed E-state index contributed by atoms with van der Waals surface area (Å²) in [7, 11) is -1.78. The number of ether oxygens (including phenoxy) is 1. The van der Waals surface area contributed by atoms with Gasteiger partial charge in [-0.15, -0.1) is 0 Å². The highest BCUT2D eigenvalue weighted by Gasteiger charge is 2.13. The minimum Gasteiger partial charge on any atom is -0.381 e. The molecule has 0 aromatic carbocycles. The van der Waals surface area contributed by atoms with E-state index >= 15 is 0 Å². The third-order valence-corrected chi connectivity index (χ3v) is 4.16. The molecule has 0 aliphatic rings. The second kappa shape index (κ2) is 8.89. The average Bonchev–Trinajstić information content (AvgIpc) is 2.46. The van der Waals surface area contributed by atoms with Gasteiger partial charge in [0.15, 0.2) is 0 Å². The first kappa shape index (κ1) is 16.9. The number of pyridine rings is 1. The van der Waals surface area contributed by atoms with Crippen molar-refractivity contribution in [1.29, 1.82) is 0 Å². The Morgan fingerprint density at radius 2 is 2.05 bits per heavy atom. The lowest BCUT2D eigenvalue weighted by atomic mass is 10.4. The van der Waals surface area contributed by atoms with Crippen LogP contribution in [0.5, 0.6) is 0 Å². The van der Waals surface area contributed by atoms with Crippen molar-refractivity contribution in [3.63, 3.8) is 0 Å². The van der Waals surface area contributed by atoms with Gasteiger partial charge < -0.3 is 10.1 Å². The van der Waals surface area contributed by atoms with Crippen LogP contribution in [0.3, 0.4) is 0 Å². The lowest BCUT2D eigenvalue weighted by Gasteiger charge is -2.08. The van der Waals surface area contributed by atoms with Crippen LogP contribution >= 0.6 is 0 Å². The number of anilines is 1. The van der Waals surface area contributed by atoms with Crippen LogP contribution in [0.15, 0.2) is 23.2 Å². The molecular formula is C13H23N3O3S. The van der Waals surface area contributed by atoms with Crippen LogP contribution in [0.4, 0.5) is 5.82 Å². The van der Waals surface area contributed by atoms with E-state index in [0.29, 0.717) is 25.4 Å². The Kier molecular flexibility index (Phi) is 7.50. The smallest absolute Gasteiger partial charge is 0.240 e. The van der Waals surface area contributed by atoms with Crippen molar-refractivity contribution in [3.8, 4) is 0 Å². The van der Waals surface area contributed by atoms with E-state index in [2.05, 4.69) is 21.9 Å². The Morgan fingerprint density at radius 3 is 2.75 bits per heavy atom. The standard InChI is InChI=1S/C13H23N3O3S/c1-3-4-9-19-10-5-7-16-20(17,18)12-6-8-15-13(11-12)14-2/h6,8,11,16H,3-5,7,9-10H2,1-2H3,(H,14,15). The molecule has 0 bridgehead atoms. The molecule has 0 amide bonds. The largest absolute Gasteiger partial charge is 0.381 e. The number of hydrogen-bond donors (Lipinski definition) is 2. The minimum absolute atomic E-state index is 0.212. The van der Waals surface area contributed by atoms with Gasteiger partial charge in [0.05, 0.1) is 4.90 Å². The molecule has 1 aromatic heterocycles. The van der Waals surface area contributed by atoms with Crippen molar-refractivity contribution in [1.82, 2.24) is 9.71 Å². The number of nitrogens with zero attached hydrogens (tertiary/aromatic N) is 1. The Hall–Kier alpha value is -1.18. The SMILES string of the molecule is CCCCOCCCNS(=O)(=O)c1ccnc(NC)c1. The topological polar surface area (TPSA) is 80.3 Å². The number of rotatable bonds is 10. The first-order valence-electron chi connectivity index (χ1n) is 6.81. The van der Waals surface area contributed by atoms with Gasteiger partial charge in [0.1, 0.15) is 5.82 Å². The van der Waals surface area contributed by atoms with Gasteiger partial charge in [0.2, 0.25) is 10.0 Å². The van der Waals surface area contributed by atoms with Gasteiger partial charge in [-0.3, -0.25) is 0 Å². The van der Waals surface area contributed by atoms with E-state index in [1.165, 1.54) is 18.3 Å². The predicted octanol–water partition coefficient (Wildman–Crippen LogP) is 1.61. The zero-order chi connectivity index (χ0) is 14.8. The highest BCUT2D eigenvalue weighted by atomic mass is 32.2. The first-order valence-corrected chi connectivity index (χ1v) is 8.29. The fourth-order valence-corrected chi connectivity index (χ4v) is 2.61. The molecular weight excluding hydrogens is 278 g/mol. The van der Waals surface area contributed by atoms with Crippen LogP contribution in [0, 0.1) is 0 Å². The number of nitrogens with one attached hydrogen (secondary N) is 2. The second-order valence-electron chi connectivity index (χ2n) is 4.34. The minimum atomic E-state index is -3.48. The first-order chi connectivity index (χ1) is 9.60. The number of unbranched alkanes of at least 4 members (excludes halogenated alkanes) is 1. The molecule has 1 rings (SSSR count).